The van der Waals surface area contributed by atoms with Crippen molar-refractivity contribution in [3.63, 3.8) is 0 Å². The standard InChI is InChI=1S/C11H14N2O5/c1-11(2,4-8(12)14)13-9(15)7-3-6(5-18-7)10(16)17/h3,5H,4H2,1-2H3,(H2,12,14)(H,13,15)(H,16,17). The largest absolute Gasteiger partial charge is 0.478 e. The van der Waals surface area contributed by atoms with Crippen LogP contribution in [0.25, 0.3) is 0 Å². The first-order valence-electron chi connectivity index (χ1n) is 5.14. The van der Waals surface area contributed by atoms with E-state index < -0.39 is 23.3 Å². The highest BCUT2D eigenvalue weighted by Crippen LogP contribution is 2.12. The van der Waals surface area contributed by atoms with Gasteiger partial charge in [0.2, 0.25) is 5.91 Å². The third-order valence-electron chi connectivity index (χ3n) is 2.14. The number of carboxylic acids is 1. The summed E-state index contributed by atoms with van der Waals surface area (Å²) in [4.78, 5) is 33.1. The highest BCUT2D eigenvalue weighted by molar-refractivity contribution is 5.96. The van der Waals surface area contributed by atoms with Crippen LogP contribution in [-0.2, 0) is 4.79 Å². The summed E-state index contributed by atoms with van der Waals surface area (Å²) in [6.07, 6.45) is 0.934. The summed E-state index contributed by atoms with van der Waals surface area (Å²) in [6.45, 7) is 3.24. The lowest BCUT2D eigenvalue weighted by molar-refractivity contribution is -0.119. The number of nitrogens with one attached hydrogen (secondary N) is 1. The molecule has 0 saturated carbocycles. The van der Waals surface area contributed by atoms with E-state index in [9.17, 15) is 14.4 Å². The lowest BCUT2D eigenvalue weighted by atomic mass is 10.0. The second kappa shape index (κ2) is 4.91. The van der Waals surface area contributed by atoms with Crippen molar-refractivity contribution in [2.45, 2.75) is 25.8 Å². The topological polar surface area (TPSA) is 123 Å². The van der Waals surface area contributed by atoms with Crippen molar-refractivity contribution < 1.29 is 23.9 Å². The Kier molecular flexibility index (Phi) is 3.75. The van der Waals surface area contributed by atoms with E-state index >= 15 is 0 Å². The highest BCUT2D eigenvalue weighted by Gasteiger charge is 2.25. The van der Waals surface area contributed by atoms with Gasteiger partial charge in [-0.05, 0) is 13.8 Å². The van der Waals surface area contributed by atoms with Gasteiger partial charge in [-0.2, -0.15) is 0 Å². The van der Waals surface area contributed by atoms with Crippen molar-refractivity contribution in [3.05, 3.63) is 23.7 Å². The number of primary amides is 1. The van der Waals surface area contributed by atoms with E-state index in [0.717, 1.165) is 12.3 Å². The molecule has 0 unspecified atom stereocenters. The number of carbonyl (C=O) groups excluding carboxylic acids is 2. The van der Waals surface area contributed by atoms with Crippen LogP contribution in [0, 0.1) is 0 Å². The van der Waals surface area contributed by atoms with Crippen LogP contribution in [-0.4, -0.2) is 28.4 Å². The maximum Gasteiger partial charge on any atom is 0.338 e. The SMILES string of the molecule is CC(C)(CC(N)=O)NC(=O)c1cc(C(=O)O)co1. The van der Waals surface area contributed by atoms with Crippen LogP contribution in [0.2, 0.25) is 0 Å². The first-order chi connectivity index (χ1) is 8.21. The Morgan fingerprint density at radius 2 is 2.06 bits per heavy atom. The second-order valence-electron chi connectivity index (χ2n) is 4.49. The van der Waals surface area contributed by atoms with Crippen molar-refractivity contribution in [1.29, 1.82) is 0 Å². The summed E-state index contributed by atoms with van der Waals surface area (Å²) in [5.41, 5.74) is 4.09. The minimum absolute atomic E-state index is 0.0365. The molecule has 0 aliphatic heterocycles. The van der Waals surface area contributed by atoms with E-state index in [1.54, 1.807) is 13.8 Å². The normalized spacial score (nSPS) is 11.0. The molecule has 7 heteroatoms. The molecule has 7 nitrogen and oxygen atoms in total. The van der Waals surface area contributed by atoms with Gasteiger partial charge in [0.1, 0.15) is 6.26 Å². The van der Waals surface area contributed by atoms with Gasteiger partial charge in [0.15, 0.2) is 5.76 Å². The van der Waals surface area contributed by atoms with E-state index in [1.165, 1.54) is 0 Å². The van der Waals surface area contributed by atoms with Gasteiger partial charge < -0.3 is 20.6 Å². The summed E-state index contributed by atoms with van der Waals surface area (Å²) in [7, 11) is 0. The number of amides is 2. The molecule has 0 spiro atoms. The zero-order chi connectivity index (χ0) is 13.9. The summed E-state index contributed by atoms with van der Waals surface area (Å²) < 4.78 is 4.83. The van der Waals surface area contributed by atoms with Crippen molar-refractivity contribution in [2.75, 3.05) is 0 Å². The lowest BCUT2D eigenvalue weighted by Crippen LogP contribution is -2.45. The van der Waals surface area contributed by atoms with Crippen molar-refractivity contribution in [2.24, 2.45) is 5.73 Å². The lowest BCUT2D eigenvalue weighted by Gasteiger charge is -2.23. The van der Waals surface area contributed by atoms with Crippen LogP contribution in [0.5, 0.6) is 0 Å². The number of furan rings is 1. The fourth-order valence-electron chi connectivity index (χ4n) is 1.42. The number of aromatic carboxylic acids is 1. The van der Waals surface area contributed by atoms with Gasteiger partial charge in [-0.1, -0.05) is 0 Å². The maximum absolute atomic E-state index is 11.7. The van der Waals surface area contributed by atoms with Crippen LogP contribution < -0.4 is 11.1 Å². The Balaban J connectivity index is 2.75. The van der Waals surface area contributed by atoms with E-state index in [1.807, 2.05) is 0 Å². The van der Waals surface area contributed by atoms with E-state index in [4.69, 9.17) is 15.3 Å². The van der Waals surface area contributed by atoms with Gasteiger partial charge in [0.05, 0.1) is 5.56 Å². The molecule has 4 N–H and O–H groups in total. The summed E-state index contributed by atoms with van der Waals surface area (Å²) >= 11 is 0. The van der Waals surface area contributed by atoms with Gasteiger partial charge >= 0.3 is 5.97 Å². The molecule has 0 bridgehead atoms. The number of nitrogens with two attached hydrogens (primary N) is 1. The van der Waals surface area contributed by atoms with Gasteiger partial charge in [-0.15, -0.1) is 0 Å². The minimum Gasteiger partial charge on any atom is -0.478 e. The van der Waals surface area contributed by atoms with Gasteiger partial charge in [-0.25, -0.2) is 4.79 Å². The average molecular weight is 254 g/mol. The zero-order valence-corrected chi connectivity index (χ0v) is 10.0. The van der Waals surface area contributed by atoms with E-state index in [0.29, 0.717) is 0 Å². The minimum atomic E-state index is -1.19. The molecule has 98 valence electrons. The zero-order valence-electron chi connectivity index (χ0n) is 10.0. The summed E-state index contributed by atoms with van der Waals surface area (Å²) in [6, 6.07) is 1.11. The first-order valence-corrected chi connectivity index (χ1v) is 5.14. The summed E-state index contributed by atoms with van der Waals surface area (Å²) in [5.74, 6) is -2.47. The molecular formula is C11H14N2O5. The van der Waals surface area contributed by atoms with Crippen LogP contribution in [0.15, 0.2) is 16.7 Å². The smallest absolute Gasteiger partial charge is 0.338 e. The Bertz CT molecular complexity index is 489. The van der Waals surface area contributed by atoms with Gasteiger partial charge in [0.25, 0.3) is 5.91 Å². The molecule has 0 aliphatic carbocycles. The van der Waals surface area contributed by atoms with E-state index in [2.05, 4.69) is 5.32 Å². The van der Waals surface area contributed by atoms with Crippen molar-refractivity contribution >= 4 is 17.8 Å². The van der Waals surface area contributed by atoms with Gasteiger partial charge in [-0.3, -0.25) is 9.59 Å². The molecule has 0 aromatic carbocycles. The second-order valence-corrected chi connectivity index (χ2v) is 4.49. The number of rotatable bonds is 5. The number of hydrogen-bond donors (Lipinski definition) is 3. The van der Waals surface area contributed by atoms with Crippen LogP contribution in [0.4, 0.5) is 0 Å². The Morgan fingerprint density at radius 3 is 2.50 bits per heavy atom. The summed E-state index contributed by atoms with van der Waals surface area (Å²) in [5, 5.41) is 11.2. The first kappa shape index (κ1) is 13.8. The quantitative estimate of drug-likeness (QED) is 0.700. The van der Waals surface area contributed by atoms with Gasteiger partial charge in [0, 0.05) is 18.0 Å². The average Bonchev–Trinajstić information content (AvgIpc) is 2.62. The highest BCUT2D eigenvalue weighted by atomic mass is 16.4. The number of carbonyl (C=O) groups is 3. The fourth-order valence-corrected chi connectivity index (χ4v) is 1.42. The molecule has 0 aliphatic rings. The molecule has 1 heterocycles. The predicted molar refractivity (Wildman–Crippen MR) is 61.0 cm³/mol. The molecule has 1 aromatic rings. The molecule has 1 rings (SSSR count). The molecule has 0 fully saturated rings. The molecule has 18 heavy (non-hydrogen) atoms. The molecule has 1 aromatic heterocycles. The predicted octanol–water partition coefficient (Wildman–Crippen LogP) is 0.362. The third kappa shape index (κ3) is 3.62. The maximum atomic E-state index is 11.7. The fraction of sp³-hybridized carbons (Fsp3) is 0.364. The molecular weight excluding hydrogens is 240 g/mol. The molecule has 0 saturated heterocycles. The van der Waals surface area contributed by atoms with Crippen LogP contribution in [0.3, 0.4) is 0 Å². The molecule has 0 radical (unpaired) electrons. The number of hydrogen-bond acceptors (Lipinski definition) is 4. The number of carboxylic acid groups (broad SMARTS) is 1. The van der Waals surface area contributed by atoms with Crippen molar-refractivity contribution in [3.8, 4) is 0 Å². The van der Waals surface area contributed by atoms with Crippen molar-refractivity contribution in [1.82, 2.24) is 5.32 Å². The monoisotopic (exact) mass is 254 g/mol. The third-order valence-corrected chi connectivity index (χ3v) is 2.14. The Hall–Kier alpha value is -2.31. The molecule has 2 amide bonds. The Labute approximate surface area is 103 Å². The van der Waals surface area contributed by atoms with Crippen LogP contribution in [0.1, 0.15) is 41.2 Å². The molecule has 0 atom stereocenters. The van der Waals surface area contributed by atoms with Crippen LogP contribution >= 0.6 is 0 Å². The Morgan fingerprint density at radius 1 is 1.44 bits per heavy atom. The van der Waals surface area contributed by atoms with E-state index in [-0.39, 0.29) is 17.7 Å².